The standard InChI is InChI=1S/C27H24O2/c1-5-22(3)11-9-15-26(28)19-17-24-13-7-8-14-25(21-24)18-20-27(29)16-10-12-23(4)6-2/h1-2,7-20H,21H2,3-4H3/b15-9+,16-10+,19-17+,20-18+,22-11-,23-12-. The van der Waals surface area contributed by atoms with Crippen LogP contribution in [0.4, 0.5) is 0 Å². The number of carbonyl (C=O) groups excluding carboxylic acids is 2. The average molecular weight is 380 g/mol. The quantitative estimate of drug-likeness (QED) is 0.324. The normalized spacial score (nSPS) is 15.4. The molecule has 0 radical (unpaired) electrons. The van der Waals surface area contributed by atoms with Crippen molar-refractivity contribution in [3.8, 4) is 24.7 Å². The third kappa shape index (κ3) is 10.8. The zero-order valence-corrected chi connectivity index (χ0v) is 16.8. The van der Waals surface area contributed by atoms with E-state index in [1.54, 1.807) is 50.3 Å². The first-order valence-corrected chi connectivity index (χ1v) is 9.08. The van der Waals surface area contributed by atoms with E-state index in [0.717, 1.165) is 22.3 Å². The van der Waals surface area contributed by atoms with Gasteiger partial charge in [-0.1, -0.05) is 72.6 Å². The molecule has 0 saturated heterocycles. The van der Waals surface area contributed by atoms with Crippen LogP contribution in [0.2, 0.25) is 0 Å². The summed E-state index contributed by atoms with van der Waals surface area (Å²) in [5, 5.41) is 0. The van der Waals surface area contributed by atoms with Crippen LogP contribution in [0.15, 0.2) is 107 Å². The highest BCUT2D eigenvalue weighted by Crippen LogP contribution is 2.17. The summed E-state index contributed by atoms with van der Waals surface area (Å²) in [6.45, 7) is 3.59. The molecule has 0 atom stereocenters. The van der Waals surface area contributed by atoms with Gasteiger partial charge in [-0.15, -0.1) is 12.8 Å². The fourth-order valence-corrected chi connectivity index (χ4v) is 2.10. The van der Waals surface area contributed by atoms with Gasteiger partial charge < -0.3 is 0 Å². The Morgan fingerprint density at radius 1 is 0.793 bits per heavy atom. The first kappa shape index (κ1) is 23.2. The van der Waals surface area contributed by atoms with Crippen molar-refractivity contribution in [3.63, 3.8) is 0 Å². The molecule has 0 spiro atoms. The number of hydrogen-bond acceptors (Lipinski definition) is 2. The third-order valence-electron chi connectivity index (χ3n) is 3.73. The predicted molar refractivity (Wildman–Crippen MR) is 122 cm³/mol. The van der Waals surface area contributed by atoms with Gasteiger partial charge in [0.05, 0.1) is 0 Å². The van der Waals surface area contributed by atoms with Crippen LogP contribution < -0.4 is 0 Å². The van der Waals surface area contributed by atoms with Crippen LogP contribution in [-0.2, 0) is 9.59 Å². The summed E-state index contributed by atoms with van der Waals surface area (Å²) < 4.78 is 0. The largest absolute Gasteiger partial charge is 0.290 e. The molecule has 0 unspecified atom stereocenters. The molecule has 0 saturated carbocycles. The van der Waals surface area contributed by atoms with E-state index >= 15 is 0 Å². The Kier molecular flexibility index (Phi) is 10.6. The van der Waals surface area contributed by atoms with Crippen molar-refractivity contribution >= 4 is 11.6 Å². The summed E-state index contributed by atoms with van der Waals surface area (Å²) in [6, 6.07) is 0. The highest BCUT2D eigenvalue weighted by atomic mass is 16.1. The molecule has 0 bridgehead atoms. The molecule has 0 N–H and O–H groups in total. The summed E-state index contributed by atoms with van der Waals surface area (Å²) in [4.78, 5) is 23.8. The zero-order valence-electron chi connectivity index (χ0n) is 16.8. The summed E-state index contributed by atoms with van der Waals surface area (Å²) in [5.41, 5.74) is 3.43. The van der Waals surface area contributed by atoms with Crippen LogP contribution in [0, 0.1) is 24.7 Å². The van der Waals surface area contributed by atoms with Crippen LogP contribution in [0.5, 0.6) is 0 Å². The van der Waals surface area contributed by atoms with E-state index in [0.29, 0.717) is 6.42 Å². The van der Waals surface area contributed by atoms with Crippen molar-refractivity contribution in [2.75, 3.05) is 0 Å². The third-order valence-corrected chi connectivity index (χ3v) is 3.73. The van der Waals surface area contributed by atoms with E-state index in [1.807, 2.05) is 24.3 Å². The lowest BCUT2D eigenvalue weighted by Gasteiger charge is -2.01. The number of hydrogen-bond donors (Lipinski definition) is 0. The maximum atomic E-state index is 11.9. The van der Waals surface area contributed by atoms with Crippen LogP contribution in [0.3, 0.4) is 0 Å². The van der Waals surface area contributed by atoms with E-state index in [9.17, 15) is 9.59 Å². The second-order valence-electron chi connectivity index (χ2n) is 6.22. The van der Waals surface area contributed by atoms with Gasteiger partial charge in [0.1, 0.15) is 0 Å². The summed E-state index contributed by atoms with van der Waals surface area (Å²) in [6.07, 6.45) is 34.9. The highest BCUT2D eigenvalue weighted by Gasteiger charge is 2.00. The fourth-order valence-electron chi connectivity index (χ4n) is 2.10. The molecular weight excluding hydrogens is 356 g/mol. The second-order valence-corrected chi connectivity index (χ2v) is 6.22. The van der Waals surface area contributed by atoms with Crippen molar-refractivity contribution in [1.82, 2.24) is 0 Å². The predicted octanol–water partition coefficient (Wildman–Crippen LogP) is 5.32. The van der Waals surface area contributed by atoms with Crippen molar-refractivity contribution in [3.05, 3.63) is 107 Å². The molecule has 0 heterocycles. The minimum absolute atomic E-state index is 0.128. The molecule has 2 nitrogen and oxygen atoms in total. The van der Waals surface area contributed by atoms with E-state index in [1.165, 1.54) is 24.3 Å². The van der Waals surface area contributed by atoms with Gasteiger partial charge in [0.25, 0.3) is 0 Å². The Morgan fingerprint density at radius 3 is 1.59 bits per heavy atom. The number of allylic oxidation sites excluding steroid dienone is 18. The van der Waals surface area contributed by atoms with Gasteiger partial charge in [0, 0.05) is 0 Å². The Labute approximate surface area is 173 Å². The molecule has 144 valence electrons. The first-order valence-electron chi connectivity index (χ1n) is 9.08. The Balaban J connectivity index is 2.70. The van der Waals surface area contributed by atoms with Crippen LogP contribution in [0.25, 0.3) is 0 Å². The first-order chi connectivity index (χ1) is 13.9. The van der Waals surface area contributed by atoms with E-state index in [2.05, 4.69) is 11.8 Å². The molecule has 0 aromatic rings. The molecule has 0 aromatic heterocycles. The highest BCUT2D eigenvalue weighted by molar-refractivity contribution is 6.00. The van der Waals surface area contributed by atoms with Crippen molar-refractivity contribution in [2.24, 2.45) is 0 Å². The SMILES string of the molecule is C#C/C(C)=C\C=C\C(=O)/C=C/C1=CC=CC=C(/C=C/C(=O)/C=C/C=C(/C)C#C)C1. The molecule has 2 heteroatoms. The zero-order chi connectivity index (χ0) is 21.5. The van der Waals surface area contributed by atoms with E-state index in [-0.39, 0.29) is 11.6 Å². The molecule has 0 fully saturated rings. The fraction of sp³-hybridized carbons (Fsp3) is 0.111. The van der Waals surface area contributed by atoms with Gasteiger partial charge in [-0.2, -0.15) is 0 Å². The molecule has 0 aromatic carbocycles. The van der Waals surface area contributed by atoms with Crippen LogP contribution in [-0.4, -0.2) is 11.6 Å². The molecular formula is C27H24O2. The van der Waals surface area contributed by atoms with E-state index < -0.39 is 0 Å². The van der Waals surface area contributed by atoms with Crippen LogP contribution in [0.1, 0.15) is 20.3 Å². The maximum Gasteiger partial charge on any atom is 0.178 e. The van der Waals surface area contributed by atoms with Gasteiger partial charge >= 0.3 is 0 Å². The summed E-state index contributed by atoms with van der Waals surface area (Å²) in [5.74, 6) is 4.71. The molecule has 29 heavy (non-hydrogen) atoms. The van der Waals surface area contributed by atoms with Gasteiger partial charge in [-0.25, -0.2) is 0 Å². The Bertz CT molecular complexity index is 902. The lowest BCUT2D eigenvalue weighted by atomic mass is 10.0. The summed E-state index contributed by atoms with van der Waals surface area (Å²) >= 11 is 0. The van der Waals surface area contributed by atoms with Gasteiger partial charge in [-0.3, -0.25) is 9.59 Å². The topological polar surface area (TPSA) is 34.1 Å². The molecule has 0 aliphatic heterocycles. The number of carbonyl (C=O) groups is 2. The molecule has 1 rings (SSSR count). The maximum absolute atomic E-state index is 11.9. The van der Waals surface area contributed by atoms with Gasteiger partial charge in [0.15, 0.2) is 11.6 Å². The van der Waals surface area contributed by atoms with E-state index in [4.69, 9.17) is 12.8 Å². The van der Waals surface area contributed by atoms with Crippen molar-refractivity contribution in [1.29, 1.82) is 0 Å². The van der Waals surface area contributed by atoms with Crippen molar-refractivity contribution < 1.29 is 9.59 Å². The monoisotopic (exact) mass is 380 g/mol. The van der Waals surface area contributed by atoms with Gasteiger partial charge in [0.2, 0.25) is 0 Å². The van der Waals surface area contributed by atoms with Crippen molar-refractivity contribution in [2.45, 2.75) is 20.3 Å². The molecule has 0 amide bonds. The smallest absolute Gasteiger partial charge is 0.178 e. The molecule has 1 aliphatic carbocycles. The second kappa shape index (κ2) is 13.3. The van der Waals surface area contributed by atoms with Gasteiger partial charge in [-0.05, 0) is 66.9 Å². The molecule has 1 aliphatic rings. The number of terminal acetylenes is 2. The lowest BCUT2D eigenvalue weighted by Crippen LogP contribution is -1.89. The number of ketones is 2. The number of rotatable bonds is 8. The van der Waals surface area contributed by atoms with Crippen LogP contribution >= 0.6 is 0 Å². The average Bonchev–Trinajstić information content (AvgIpc) is 2.95. The minimum atomic E-state index is -0.128. The summed E-state index contributed by atoms with van der Waals surface area (Å²) in [7, 11) is 0. The Morgan fingerprint density at radius 2 is 1.21 bits per heavy atom. The minimum Gasteiger partial charge on any atom is -0.290 e. The lowest BCUT2D eigenvalue weighted by molar-refractivity contribution is -0.111. The Hall–Kier alpha value is -3.88.